The summed E-state index contributed by atoms with van der Waals surface area (Å²) >= 11 is 0. The highest BCUT2D eigenvalue weighted by molar-refractivity contribution is 5.73. The van der Waals surface area contributed by atoms with Gasteiger partial charge in [-0.3, -0.25) is 4.57 Å². The molecule has 0 bridgehead atoms. The number of nitrogens with zero attached hydrogens (tertiary/aromatic N) is 3. The van der Waals surface area contributed by atoms with E-state index in [1.54, 1.807) is 6.20 Å². The van der Waals surface area contributed by atoms with Crippen LogP contribution in [0.4, 0.5) is 0 Å². The van der Waals surface area contributed by atoms with Gasteiger partial charge in [0.15, 0.2) is 5.65 Å². The van der Waals surface area contributed by atoms with Gasteiger partial charge in [0, 0.05) is 18.3 Å². The van der Waals surface area contributed by atoms with Crippen LogP contribution in [-0.2, 0) is 6.42 Å². The lowest BCUT2D eigenvalue weighted by Gasteiger charge is -2.07. The van der Waals surface area contributed by atoms with Crippen molar-refractivity contribution in [1.82, 2.24) is 14.5 Å². The molecule has 0 fully saturated rings. The molecule has 0 atom stereocenters. The number of imidazole rings is 1. The molecule has 0 spiro atoms. The summed E-state index contributed by atoms with van der Waals surface area (Å²) in [4.78, 5) is 9.02. The molecule has 0 saturated carbocycles. The molecule has 2 aromatic heterocycles. The monoisotopic (exact) mass is 238 g/mol. The number of para-hydroxylation sites is 1. The Kier molecular flexibility index (Phi) is 2.78. The van der Waals surface area contributed by atoms with Gasteiger partial charge in [-0.05, 0) is 30.8 Å². The zero-order valence-electron chi connectivity index (χ0n) is 9.95. The summed E-state index contributed by atoms with van der Waals surface area (Å²) in [6.45, 7) is 0.580. The summed E-state index contributed by atoms with van der Waals surface area (Å²) in [6, 6.07) is 14.0. The number of rotatable bonds is 3. The zero-order chi connectivity index (χ0) is 12.4. The number of hydrogen-bond donors (Lipinski definition) is 1. The maximum atomic E-state index is 5.66. The standard InChI is InChI=1S/C14H14N4/c15-9-8-13-17-12-7-4-10-16-14(12)18(13)11-5-2-1-3-6-11/h1-7,10H,8-9,15H2. The summed E-state index contributed by atoms with van der Waals surface area (Å²) < 4.78 is 2.07. The van der Waals surface area contributed by atoms with Crippen molar-refractivity contribution < 1.29 is 0 Å². The third-order valence-electron chi connectivity index (χ3n) is 2.87. The maximum absolute atomic E-state index is 5.66. The second kappa shape index (κ2) is 4.58. The summed E-state index contributed by atoms with van der Waals surface area (Å²) in [5.41, 5.74) is 8.52. The van der Waals surface area contributed by atoms with Gasteiger partial charge in [0.05, 0.1) is 0 Å². The van der Waals surface area contributed by atoms with E-state index in [2.05, 4.69) is 26.7 Å². The molecular weight excluding hydrogens is 224 g/mol. The maximum Gasteiger partial charge on any atom is 0.164 e. The van der Waals surface area contributed by atoms with Crippen LogP contribution in [0.25, 0.3) is 16.9 Å². The van der Waals surface area contributed by atoms with Gasteiger partial charge in [0.2, 0.25) is 0 Å². The van der Waals surface area contributed by atoms with Crippen LogP contribution in [0.5, 0.6) is 0 Å². The van der Waals surface area contributed by atoms with Crippen LogP contribution < -0.4 is 5.73 Å². The van der Waals surface area contributed by atoms with Crippen LogP contribution in [0.3, 0.4) is 0 Å². The Bertz CT molecular complexity index is 658. The highest BCUT2D eigenvalue weighted by Gasteiger charge is 2.11. The lowest BCUT2D eigenvalue weighted by atomic mass is 10.3. The fourth-order valence-corrected chi connectivity index (χ4v) is 2.10. The van der Waals surface area contributed by atoms with Crippen molar-refractivity contribution in [3.05, 3.63) is 54.5 Å². The van der Waals surface area contributed by atoms with E-state index in [0.29, 0.717) is 6.54 Å². The summed E-state index contributed by atoms with van der Waals surface area (Å²) in [5.74, 6) is 0.956. The molecule has 2 N–H and O–H groups in total. The van der Waals surface area contributed by atoms with E-state index in [0.717, 1.165) is 29.1 Å². The zero-order valence-corrected chi connectivity index (χ0v) is 9.95. The first-order chi connectivity index (χ1) is 8.90. The SMILES string of the molecule is NCCc1nc2cccnc2n1-c1ccccc1. The summed E-state index contributed by atoms with van der Waals surface area (Å²) in [5, 5.41) is 0. The van der Waals surface area contributed by atoms with Crippen molar-refractivity contribution in [3.8, 4) is 5.69 Å². The highest BCUT2D eigenvalue weighted by Crippen LogP contribution is 2.19. The van der Waals surface area contributed by atoms with Gasteiger partial charge in [-0.15, -0.1) is 0 Å². The molecule has 0 unspecified atom stereocenters. The fraction of sp³-hybridized carbons (Fsp3) is 0.143. The van der Waals surface area contributed by atoms with Gasteiger partial charge in [0.25, 0.3) is 0 Å². The van der Waals surface area contributed by atoms with E-state index in [1.165, 1.54) is 0 Å². The molecule has 3 aromatic rings. The smallest absolute Gasteiger partial charge is 0.164 e. The minimum Gasteiger partial charge on any atom is -0.330 e. The summed E-state index contributed by atoms with van der Waals surface area (Å²) in [7, 11) is 0. The van der Waals surface area contributed by atoms with Crippen LogP contribution in [0.15, 0.2) is 48.7 Å². The van der Waals surface area contributed by atoms with Gasteiger partial charge >= 0.3 is 0 Å². The predicted octanol–water partition coefficient (Wildman–Crippen LogP) is 1.92. The van der Waals surface area contributed by atoms with Crippen molar-refractivity contribution in [2.24, 2.45) is 5.73 Å². The number of nitrogens with two attached hydrogens (primary N) is 1. The van der Waals surface area contributed by atoms with Crippen LogP contribution in [-0.4, -0.2) is 21.1 Å². The van der Waals surface area contributed by atoms with Gasteiger partial charge in [-0.1, -0.05) is 18.2 Å². The van der Waals surface area contributed by atoms with Crippen molar-refractivity contribution in [1.29, 1.82) is 0 Å². The molecule has 2 heterocycles. The number of benzene rings is 1. The van der Waals surface area contributed by atoms with Crippen LogP contribution in [0.2, 0.25) is 0 Å². The van der Waals surface area contributed by atoms with Gasteiger partial charge < -0.3 is 5.73 Å². The second-order valence-electron chi connectivity index (χ2n) is 4.08. The van der Waals surface area contributed by atoms with E-state index in [-0.39, 0.29) is 0 Å². The molecule has 3 rings (SSSR count). The van der Waals surface area contributed by atoms with Gasteiger partial charge in [0.1, 0.15) is 11.3 Å². The lowest BCUT2D eigenvalue weighted by Crippen LogP contribution is -2.09. The van der Waals surface area contributed by atoms with Crippen molar-refractivity contribution >= 4 is 11.2 Å². The molecule has 0 aliphatic heterocycles. The number of hydrogen-bond acceptors (Lipinski definition) is 3. The first-order valence-corrected chi connectivity index (χ1v) is 5.98. The molecule has 0 amide bonds. The molecule has 0 radical (unpaired) electrons. The Labute approximate surface area is 105 Å². The first-order valence-electron chi connectivity index (χ1n) is 5.98. The Balaban J connectivity index is 2.28. The van der Waals surface area contributed by atoms with E-state index >= 15 is 0 Å². The third-order valence-corrected chi connectivity index (χ3v) is 2.87. The first kappa shape index (κ1) is 10.9. The topological polar surface area (TPSA) is 56.7 Å². The average molecular weight is 238 g/mol. The van der Waals surface area contributed by atoms with E-state index in [9.17, 15) is 0 Å². The molecule has 4 heteroatoms. The van der Waals surface area contributed by atoms with Gasteiger partial charge in [-0.2, -0.15) is 0 Å². The molecule has 1 aromatic carbocycles. The molecule has 0 saturated heterocycles. The largest absolute Gasteiger partial charge is 0.330 e. The number of fused-ring (bicyclic) bond motifs is 1. The van der Waals surface area contributed by atoms with E-state index < -0.39 is 0 Å². The highest BCUT2D eigenvalue weighted by atomic mass is 15.1. The Morgan fingerprint density at radius 1 is 1.06 bits per heavy atom. The lowest BCUT2D eigenvalue weighted by molar-refractivity contribution is 0.844. The summed E-state index contributed by atoms with van der Waals surface area (Å²) in [6.07, 6.45) is 2.53. The van der Waals surface area contributed by atoms with Crippen molar-refractivity contribution in [2.75, 3.05) is 6.54 Å². The molecular formula is C14H14N4. The second-order valence-corrected chi connectivity index (χ2v) is 4.08. The average Bonchev–Trinajstić information content (AvgIpc) is 2.78. The molecule has 18 heavy (non-hydrogen) atoms. The Hall–Kier alpha value is -2.20. The molecule has 0 aliphatic carbocycles. The minimum atomic E-state index is 0.580. The Morgan fingerprint density at radius 2 is 1.89 bits per heavy atom. The van der Waals surface area contributed by atoms with E-state index in [1.807, 2.05) is 30.3 Å². The Morgan fingerprint density at radius 3 is 2.67 bits per heavy atom. The molecule has 0 aliphatic rings. The number of aromatic nitrogens is 3. The predicted molar refractivity (Wildman–Crippen MR) is 71.6 cm³/mol. The van der Waals surface area contributed by atoms with Crippen molar-refractivity contribution in [3.63, 3.8) is 0 Å². The normalized spacial score (nSPS) is 10.9. The van der Waals surface area contributed by atoms with E-state index in [4.69, 9.17) is 5.73 Å². The van der Waals surface area contributed by atoms with Crippen LogP contribution in [0.1, 0.15) is 5.82 Å². The quantitative estimate of drug-likeness (QED) is 0.758. The van der Waals surface area contributed by atoms with Crippen LogP contribution in [0, 0.1) is 0 Å². The number of pyridine rings is 1. The fourth-order valence-electron chi connectivity index (χ4n) is 2.10. The van der Waals surface area contributed by atoms with Crippen molar-refractivity contribution in [2.45, 2.75) is 6.42 Å². The third kappa shape index (κ3) is 1.76. The van der Waals surface area contributed by atoms with Crippen LogP contribution >= 0.6 is 0 Å². The molecule has 4 nitrogen and oxygen atoms in total. The molecule has 90 valence electrons. The van der Waals surface area contributed by atoms with Gasteiger partial charge in [-0.25, -0.2) is 9.97 Å². The minimum absolute atomic E-state index is 0.580.